The van der Waals surface area contributed by atoms with Gasteiger partial charge in [0.25, 0.3) is 0 Å². The number of carbonyl (C=O) groups excluding carboxylic acids is 2. The molecule has 1 saturated heterocycles. The molecule has 1 aromatic carbocycles. The summed E-state index contributed by atoms with van der Waals surface area (Å²) in [6, 6.07) is 5.99. The lowest BCUT2D eigenvalue weighted by Gasteiger charge is -2.36. The Hall–Kier alpha value is -2.24. The van der Waals surface area contributed by atoms with Gasteiger partial charge in [-0.15, -0.1) is 0 Å². The molecule has 2 amide bonds. The molecule has 2 saturated carbocycles. The Labute approximate surface area is 159 Å². The van der Waals surface area contributed by atoms with Crippen molar-refractivity contribution in [3.05, 3.63) is 23.8 Å². The number of ether oxygens (including phenoxy) is 2. The number of piperazine rings is 1. The van der Waals surface area contributed by atoms with Gasteiger partial charge in [-0.05, 0) is 42.9 Å². The summed E-state index contributed by atoms with van der Waals surface area (Å²) in [7, 11) is 0. The minimum Gasteiger partial charge on any atom is -0.454 e. The predicted molar refractivity (Wildman–Crippen MR) is 98.5 cm³/mol. The van der Waals surface area contributed by atoms with Crippen molar-refractivity contribution in [2.24, 2.45) is 11.8 Å². The van der Waals surface area contributed by atoms with Crippen molar-refractivity contribution in [1.29, 1.82) is 0 Å². The minimum atomic E-state index is 0.0717. The Morgan fingerprint density at radius 2 is 1.56 bits per heavy atom. The molecule has 0 radical (unpaired) electrons. The second kappa shape index (κ2) is 6.73. The molecule has 0 spiro atoms. The first-order chi connectivity index (χ1) is 13.2. The van der Waals surface area contributed by atoms with Crippen LogP contribution in [0.1, 0.15) is 43.6 Å². The first kappa shape index (κ1) is 16.9. The lowest BCUT2D eigenvalue weighted by molar-refractivity contribution is -0.142. The van der Waals surface area contributed by atoms with Gasteiger partial charge in [0.15, 0.2) is 11.5 Å². The van der Waals surface area contributed by atoms with Crippen molar-refractivity contribution in [1.82, 2.24) is 9.80 Å². The van der Waals surface area contributed by atoms with E-state index < -0.39 is 0 Å². The Morgan fingerprint density at radius 1 is 0.889 bits per heavy atom. The molecule has 0 N–H and O–H groups in total. The van der Waals surface area contributed by atoms with E-state index >= 15 is 0 Å². The molecule has 6 nitrogen and oxygen atoms in total. The number of fused-ring (bicyclic) bond motifs is 1. The normalized spacial score (nSPS) is 27.1. The van der Waals surface area contributed by atoms with Crippen LogP contribution in [0.25, 0.3) is 0 Å². The Morgan fingerprint density at radius 3 is 2.30 bits per heavy atom. The SMILES string of the molecule is O=C(C1CCCC1)N1CCN(C(=O)[C@H]2C[C@@H]2c2ccc3c(c2)OCO3)CC1. The summed E-state index contributed by atoms with van der Waals surface area (Å²) < 4.78 is 10.8. The van der Waals surface area contributed by atoms with Crippen LogP contribution in [0.15, 0.2) is 18.2 Å². The van der Waals surface area contributed by atoms with E-state index in [4.69, 9.17) is 9.47 Å². The third-order valence-electron chi connectivity index (χ3n) is 6.54. The quantitative estimate of drug-likeness (QED) is 0.820. The van der Waals surface area contributed by atoms with Crippen LogP contribution in [0.5, 0.6) is 11.5 Å². The Bertz CT molecular complexity index is 751. The highest BCUT2D eigenvalue weighted by molar-refractivity contribution is 5.84. The second-order valence-electron chi connectivity index (χ2n) is 8.19. The minimum absolute atomic E-state index is 0.0717. The van der Waals surface area contributed by atoms with Crippen molar-refractivity contribution in [3.8, 4) is 11.5 Å². The molecule has 5 rings (SSSR count). The predicted octanol–water partition coefficient (Wildman–Crippen LogP) is 2.38. The van der Waals surface area contributed by atoms with Crippen LogP contribution in [0.4, 0.5) is 0 Å². The van der Waals surface area contributed by atoms with E-state index in [9.17, 15) is 9.59 Å². The lowest BCUT2D eigenvalue weighted by atomic mass is 10.1. The topological polar surface area (TPSA) is 59.1 Å². The highest BCUT2D eigenvalue weighted by Gasteiger charge is 2.46. The van der Waals surface area contributed by atoms with Crippen LogP contribution < -0.4 is 9.47 Å². The second-order valence-corrected chi connectivity index (χ2v) is 8.19. The summed E-state index contributed by atoms with van der Waals surface area (Å²) in [6.07, 6.45) is 5.34. The van der Waals surface area contributed by atoms with Gasteiger partial charge in [0.05, 0.1) is 0 Å². The maximum Gasteiger partial charge on any atom is 0.231 e. The van der Waals surface area contributed by atoms with Crippen LogP contribution in [0.3, 0.4) is 0 Å². The molecule has 2 aliphatic carbocycles. The molecule has 1 aromatic rings. The maximum atomic E-state index is 12.9. The number of benzene rings is 1. The van der Waals surface area contributed by atoms with E-state index in [2.05, 4.69) is 0 Å². The molecule has 2 atom stereocenters. The van der Waals surface area contributed by atoms with Crippen LogP contribution in [0.2, 0.25) is 0 Å². The van der Waals surface area contributed by atoms with Crippen LogP contribution >= 0.6 is 0 Å². The molecule has 3 fully saturated rings. The van der Waals surface area contributed by atoms with E-state index in [0.717, 1.165) is 36.3 Å². The van der Waals surface area contributed by atoms with Gasteiger partial charge in [-0.25, -0.2) is 0 Å². The van der Waals surface area contributed by atoms with Gasteiger partial charge in [0.2, 0.25) is 18.6 Å². The number of rotatable bonds is 3. The average Bonchev–Trinajstić information content (AvgIpc) is 3.09. The smallest absolute Gasteiger partial charge is 0.231 e. The zero-order chi connectivity index (χ0) is 18.4. The highest BCUT2D eigenvalue weighted by atomic mass is 16.7. The van der Waals surface area contributed by atoms with E-state index in [0.29, 0.717) is 32.1 Å². The van der Waals surface area contributed by atoms with Crippen molar-refractivity contribution >= 4 is 11.8 Å². The van der Waals surface area contributed by atoms with E-state index in [1.54, 1.807) is 0 Å². The number of carbonyl (C=O) groups is 2. The summed E-state index contributed by atoms with van der Waals surface area (Å²) in [5, 5.41) is 0. The third-order valence-corrected chi connectivity index (χ3v) is 6.54. The molecule has 4 aliphatic rings. The zero-order valence-electron chi connectivity index (χ0n) is 15.6. The van der Waals surface area contributed by atoms with Crippen molar-refractivity contribution in [2.45, 2.75) is 38.0 Å². The fourth-order valence-corrected chi connectivity index (χ4v) is 4.79. The molecule has 0 bridgehead atoms. The monoisotopic (exact) mass is 370 g/mol. The summed E-state index contributed by atoms with van der Waals surface area (Å²) >= 11 is 0. The van der Waals surface area contributed by atoms with Crippen molar-refractivity contribution in [3.63, 3.8) is 0 Å². The number of nitrogens with zero attached hydrogens (tertiary/aromatic N) is 2. The Kier molecular flexibility index (Phi) is 4.21. The zero-order valence-corrected chi connectivity index (χ0v) is 15.6. The van der Waals surface area contributed by atoms with Gasteiger partial charge >= 0.3 is 0 Å². The maximum absolute atomic E-state index is 12.9. The van der Waals surface area contributed by atoms with E-state index in [1.165, 1.54) is 12.8 Å². The fourth-order valence-electron chi connectivity index (χ4n) is 4.79. The van der Waals surface area contributed by atoms with Crippen molar-refractivity contribution in [2.75, 3.05) is 33.0 Å². The molecular weight excluding hydrogens is 344 g/mol. The summed E-state index contributed by atoms with van der Waals surface area (Å²) in [6.45, 7) is 2.98. The molecule has 144 valence electrons. The molecular formula is C21H26N2O4. The van der Waals surface area contributed by atoms with Crippen LogP contribution in [-0.4, -0.2) is 54.6 Å². The van der Waals surface area contributed by atoms with Crippen LogP contribution in [-0.2, 0) is 9.59 Å². The van der Waals surface area contributed by atoms with E-state index in [1.807, 2.05) is 28.0 Å². The van der Waals surface area contributed by atoms with Gasteiger partial charge in [-0.3, -0.25) is 9.59 Å². The van der Waals surface area contributed by atoms with Crippen molar-refractivity contribution < 1.29 is 19.1 Å². The van der Waals surface area contributed by atoms with E-state index in [-0.39, 0.29) is 30.5 Å². The molecule has 2 aliphatic heterocycles. The number of amides is 2. The summed E-state index contributed by atoms with van der Waals surface area (Å²) in [5.41, 5.74) is 1.16. The highest BCUT2D eigenvalue weighted by Crippen LogP contribution is 2.50. The summed E-state index contributed by atoms with van der Waals surface area (Å²) in [4.78, 5) is 29.4. The van der Waals surface area contributed by atoms with Gasteiger partial charge in [-0.2, -0.15) is 0 Å². The van der Waals surface area contributed by atoms with Gasteiger partial charge in [0.1, 0.15) is 0 Å². The molecule has 0 unspecified atom stereocenters. The third kappa shape index (κ3) is 3.15. The molecule has 27 heavy (non-hydrogen) atoms. The first-order valence-corrected chi connectivity index (χ1v) is 10.2. The molecule has 2 heterocycles. The standard InChI is InChI=1S/C21H26N2O4/c24-20(14-3-1-2-4-14)22-7-9-23(10-8-22)21(25)17-12-16(17)15-5-6-18-19(11-15)27-13-26-18/h5-6,11,14,16-17H,1-4,7-10,12-13H2/t16-,17+/m1/s1. The fraction of sp³-hybridized carbons (Fsp3) is 0.619. The first-order valence-electron chi connectivity index (χ1n) is 10.2. The van der Waals surface area contributed by atoms with Crippen LogP contribution in [0, 0.1) is 11.8 Å². The summed E-state index contributed by atoms with van der Waals surface area (Å²) in [5.74, 6) is 2.70. The molecule has 0 aromatic heterocycles. The van der Waals surface area contributed by atoms with Gasteiger partial charge in [0, 0.05) is 38.0 Å². The lowest BCUT2D eigenvalue weighted by Crippen LogP contribution is -2.52. The van der Waals surface area contributed by atoms with Gasteiger partial charge < -0.3 is 19.3 Å². The van der Waals surface area contributed by atoms with Gasteiger partial charge in [-0.1, -0.05) is 18.9 Å². The molecule has 6 heteroatoms. The Balaban J connectivity index is 1.15. The average molecular weight is 370 g/mol. The number of hydrogen-bond donors (Lipinski definition) is 0. The number of hydrogen-bond acceptors (Lipinski definition) is 4. The largest absolute Gasteiger partial charge is 0.454 e.